The molecule has 1 aromatic heterocycles. The summed E-state index contributed by atoms with van der Waals surface area (Å²) in [5, 5.41) is 3.43. The molecule has 1 atom stereocenters. The summed E-state index contributed by atoms with van der Waals surface area (Å²) in [5.41, 5.74) is 2.92. The molecule has 1 spiro atoms. The zero-order valence-corrected chi connectivity index (χ0v) is 9.25. The molecule has 84 valence electrons. The number of aromatic nitrogens is 1. The molecule has 2 N–H and O–H groups in total. The standard InChI is InChI=1S/C13H16N2O/c16-12-2-1-11(8-15-12)10-3-4-13(7-10)5-6-14-9-13/h1-2,7-8,14H,3-6,9H2,(H,15,16). The maximum atomic E-state index is 11.0. The van der Waals surface area contributed by atoms with Crippen molar-refractivity contribution in [3.05, 3.63) is 40.3 Å². The monoisotopic (exact) mass is 216 g/mol. The molecule has 0 bridgehead atoms. The first-order valence-electron chi connectivity index (χ1n) is 5.89. The van der Waals surface area contributed by atoms with E-state index < -0.39 is 0 Å². The van der Waals surface area contributed by atoms with Gasteiger partial charge in [0.2, 0.25) is 5.56 Å². The van der Waals surface area contributed by atoms with E-state index in [9.17, 15) is 4.79 Å². The molecule has 3 nitrogen and oxygen atoms in total. The van der Waals surface area contributed by atoms with Crippen LogP contribution >= 0.6 is 0 Å². The van der Waals surface area contributed by atoms with E-state index in [0.717, 1.165) is 19.5 Å². The minimum atomic E-state index is -0.0282. The summed E-state index contributed by atoms with van der Waals surface area (Å²) >= 11 is 0. The molecular weight excluding hydrogens is 200 g/mol. The number of hydrogen-bond acceptors (Lipinski definition) is 2. The van der Waals surface area contributed by atoms with E-state index in [1.807, 2.05) is 12.3 Å². The van der Waals surface area contributed by atoms with Crippen LogP contribution in [0.4, 0.5) is 0 Å². The van der Waals surface area contributed by atoms with Gasteiger partial charge in [-0.25, -0.2) is 0 Å². The normalized spacial score (nSPS) is 28.6. The van der Waals surface area contributed by atoms with E-state index in [0.29, 0.717) is 5.41 Å². The van der Waals surface area contributed by atoms with Crippen LogP contribution in [0.2, 0.25) is 0 Å². The molecule has 2 aliphatic rings. The van der Waals surface area contributed by atoms with Gasteiger partial charge in [0, 0.05) is 24.2 Å². The van der Waals surface area contributed by atoms with Crippen molar-refractivity contribution in [2.24, 2.45) is 5.41 Å². The van der Waals surface area contributed by atoms with Crippen LogP contribution < -0.4 is 10.9 Å². The van der Waals surface area contributed by atoms with Gasteiger partial charge in [0.15, 0.2) is 0 Å². The van der Waals surface area contributed by atoms with Crippen molar-refractivity contribution in [2.75, 3.05) is 13.1 Å². The van der Waals surface area contributed by atoms with Crippen LogP contribution in [0.25, 0.3) is 5.57 Å². The molecular formula is C13H16N2O. The van der Waals surface area contributed by atoms with Crippen LogP contribution in [0.5, 0.6) is 0 Å². The Morgan fingerprint density at radius 2 is 2.19 bits per heavy atom. The van der Waals surface area contributed by atoms with Gasteiger partial charge in [-0.15, -0.1) is 0 Å². The SMILES string of the molecule is O=c1ccc(C2=CC3(CCNC3)CC2)c[nH]1. The van der Waals surface area contributed by atoms with Gasteiger partial charge in [-0.2, -0.15) is 0 Å². The highest BCUT2D eigenvalue weighted by atomic mass is 16.1. The quantitative estimate of drug-likeness (QED) is 0.747. The summed E-state index contributed by atoms with van der Waals surface area (Å²) in [7, 11) is 0. The molecule has 1 fully saturated rings. The van der Waals surface area contributed by atoms with Crippen LogP contribution in [0, 0.1) is 5.41 Å². The van der Waals surface area contributed by atoms with Crippen LogP contribution in [0.3, 0.4) is 0 Å². The highest BCUT2D eigenvalue weighted by molar-refractivity contribution is 5.68. The van der Waals surface area contributed by atoms with Crippen LogP contribution in [0.15, 0.2) is 29.2 Å². The molecule has 3 rings (SSSR count). The molecule has 1 saturated heterocycles. The number of hydrogen-bond donors (Lipinski definition) is 2. The van der Waals surface area contributed by atoms with E-state index in [2.05, 4.69) is 16.4 Å². The Labute approximate surface area is 94.6 Å². The van der Waals surface area contributed by atoms with Gasteiger partial charge in [-0.05, 0) is 43.0 Å². The molecule has 0 radical (unpaired) electrons. The molecule has 1 unspecified atom stereocenters. The Hall–Kier alpha value is -1.35. The first-order valence-corrected chi connectivity index (χ1v) is 5.89. The number of H-pyrrole nitrogens is 1. The minimum absolute atomic E-state index is 0.0282. The van der Waals surface area contributed by atoms with Crippen molar-refractivity contribution in [1.29, 1.82) is 0 Å². The van der Waals surface area contributed by atoms with Gasteiger partial charge in [-0.3, -0.25) is 4.79 Å². The number of pyridine rings is 1. The van der Waals surface area contributed by atoms with Crippen LogP contribution in [-0.2, 0) is 0 Å². The Morgan fingerprint density at radius 1 is 1.25 bits per heavy atom. The van der Waals surface area contributed by atoms with E-state index in [1.54, 1.807) is 6.07 Å². The van der Waals surface area contributed by atoms with E-state index >= 15 is 0 Å². The summed E-state index contributed by atoms with van der Waals surface area (Å²) in [6.45, 7) is 2.25. The summed E-state index contributed by atoms with van der Waals surface area (Å²) in [6.07, 6.45) is 7.87. The summed E-state index contributed by atoms with van der Waals surface area (Å²) in [4.78, 5) is 13.7. The van der Waals surface area contributed by atoms with Crippen LogP contribution in [-0.4, -0.2) is 18.1 Å². The number of aromatic amines is 1. The Kier molecular flexibility index (Phi) is 2.21. The summed E-state index contributed by atoms with van der Waals surface area (Å²) in [6, 6.07) is 3.53. The highest BCUT2D eigenvalue weighted by Gasteiger charge is 2.35. The van der Waals surface area contributed by atoms with Gasteiger partial charge in [0.25, 0.3) is 0 Å². The lowest BCUT2D eigenvalue weighted by Gasteiger charge is -2.17. The first kappa shape index (κ1) is 9.85. The zero-order chi connectivity index (χ0) is 11.0. The molecule has 0 saturated carbocycles. The Balaban J connectivity index is 1.91. The second-order valence-electron chi connectivity index (χ2n) is 4.90. The van der Waals surface area contributed by atoms with Crippen molar-refractivity contribution in [1.82, 2.24) is 10.3 Å². The van der Waals surface area contributed by atoms with Gasteiger partial charge in [-0.1, -0.05) is 6.08 Å². The fourth-order valence-electron chi connectivity index (χ4n) is 2.84. The van der Waals surface area contributed by atoms with Gasteiger partial charge < -0.3 is 10.3 Å². The lowest BCUT2D eigenvalue weighted by molar-refractivity contribution is 0.419. The number of rotatable bonds is 1. The predicted octanol–water partition coefficient (Wildman–Crippen LogP) is 1.53. The fraction of sp³-hybridized carbons (Fsp3) is 0.462. The third-order valence-electron chi connectivity index (χ3n) is 3.80. The zero-order valence-electron chi connectivity index (χ0n) is 9.25. The topological polar surface area (TPSA) is 44.9 Å². The molecule has 16 heavy (non-hydrogen) atoms. The second kappa shape index (κ2) is 3.59. The van der Waals surface area contributed by atoms with Gasteiger partial charge in [0.05, 0.1) is 0 Å². The van der Waals surface area contributed by atoms with Crippen molar-refractivity contribution < 1.29 is 0 Å². The minimum Gasteiger partial charge on any atom is -0.329 e. The van der Waals surface area contributed by atoms with Crippen LogP contribution in [0.1, 0.15) is 24.8 Å². The van der Waals surface area contributed by atoms with Crippen molar-refractivity contribution in [2.45, 2.75) is 19.3 Å². The lowest BCUT2D eigenvalue weighted by atomic mass is 9.87. The lowest BCUT2D eigenvalue weighted by Crippen LogP contribution is -2.18. The average molecular weight is 216 g/mol. The third-order valence-corrected chi connectivity index (χ3v) is 3.80. The van der Waals surface area contributed by atoms with Gasteiger partial charge >= 0.3 is 0 Å². The molecule has 0 amide bonds. The Bertz CT molecular complexity index is 460. The summed E-state index contributed by atoms with van der Waals surface area (Å²) < 4.78 is 0. The van der Waals surface area contributed by atoms with Crippen molar-refractivity contribution >= 4 is 5.57 Å². The fourth-order valence-corrected chi connectivity index (χ4v) is 2.84. The van der Waals surface area contributed by atoms with E-state index in [4.69, 9.17) is 0 Å². The first-order chi connectivity index (χ1) is 7.77. The molecule has 1 aliphatic heterocycles. The third kappa shape index (κ3) is 1.61. The molecule has 2 heterocycles. The molecule has 1 aliphatic carbocycles. The van der Waals surface area contributed by atoms with Crippen molar-refractivity contribution in [3.8, 4) is 0 Å². The molecule has 0 aromatic carbocycles. The average Bonchev–Trinajstić information content (AvgIpc) is 2.91. The highest BCUT2D eigenvalue weighted by Crippen LogP contribution is 2.43. The number of nitrogens with one attached hydrogen (secondary N) is 2. The predicted molar refractivity (Wildman–Crippen MR) is 64.2 cm³/mol. The van der Waals surface area contributed by atoms with Gasteiger partial charge in [0.1, 0.15) is 0 Å². The van der Waals surface area contributed by atoms with E-state index in [-0.39, 0.29) is 5.56 Å². The van der Waals surface area contributed by atoms with E-state index in [1.165, 1.54) is 24.0 Å². The number of allylic oxidation sites excluding steroid dienone is 1. The second-order valence-corrected chi connectivity index (χ2v) is 4.90. The molecule has 1 aromatic rings. The largest absolute Gasteiger partial charge is 0.329 e. The maximum absolute atomic E-state index is 11.0. The smallest absolute Gasteiger partial charge is 0.247 e. The van der Waals surface area contributed by atoms with Crippen molar-refractivity contribution in [3.63, 3.8) is 0 Å². The summed E-state index contributed by atoms with van der Waals surface area (Å²) in [5.74, 6) is 0. The maximum Gasteiger partial charge on any atom is 0.247 e. The Morgan fingerprint density at radius 3 is 2.88 bits per heavy atom. The molecule has 3 heteroatoms.